The third kappa shape index (κ3) is 5.78. The van der Waals surface area contributed by atoms with Crippen LogP contribution in [0.1, 0.15) is 44.9 Å². The summed E-state index contributed by atoms with van der Waals surface area (Å²) in [5, 5.41) is 3.01. The lowest BCUT2D eigenvalue weighted by atomic mass is 10.1. The highest BCUT2D eigenvalue weighted by Crippen LogP contribution is 2.19. The first-order valence-electron chi connectivity index (χ1n) is 8.39. The molecule has 1 aromatic rings. The van der Waals surface area contributed by atoms with Gasteiger partial charge in [0.25, 0.3) is 0 Å². The molecule has 1 fully saturated rings. The predicted molar refractivity (Wildman–Crippen MR) is 92.8 cm³/mol. The van der Waals surface area contributed by atoms with Crippen LogP contribution in [0.4, 0.5) is 10.1 Å². The van der Waals surface area contributed by atoms with Gasteiger partial charge in [-0.25, -0.2) is 12.8 Å². The van der Waals surface area contributed by atoms with Gasteiger partial charge in [0.15, 0.2) is 0 Å². The summed E-state index contributed by atoms with van der Waals surface area (Å²) in [6.45, 7) is 0.0447. The Morgan fingerprint density at radius 1 is 1.17 bits per heavy atom. The van der Waals surface area contributed by atoms with Gasteiger partial charge < -0.3 is 5.32 Å². The van der Waals surface area contributed by atoms with Crippen molar-refractivity contribution in [3.63, 3.8) is 0 Å². The molecule has 0 radical (unpaired) electrons. The fourth-order valence-electron chi connectivity index (χ4n) is 3.02. The second kappa shape index (κ2) is 8.46. The van der Waals surface area contributed by atoms with E-state index in [1.54, 1.807) is 0 Å². The Kier molecular flexibility index (Phi) is 6.60. The van der Waals surface area contributed by atoms with Gasteiger partial charge in [0.05, 0.1) is 11.9 Å². The maximum Gasteiger partial charge on any atom is 0.232 e. The van der Waals surface area contributed by atoms with E-state index in [1.807, 2.05) is 0 Å². The summed E-state index contributed by atoms with van der Waals surface area (Å²) >= 11 is 0. The van der Waals surface area contributed by atoms with Crippen LogP contribution in [0.5, 0.6) is 0 Å². The summed E-state index contributed by atoms with van der Waals surface area (Å²) in [5.41, 5.74) is 0.362. The average Bonchev–Trinajstić information content (AvgIpc) is 2.76. The number of sulfonamides is 1. The van der Waals surface area contributed by atoms with E-state index in [0.717, 1.165) is 36.2 Å². The molecule has 0 bridgehead atoms. The molecule has 1 N–H and O–H groups in total. The Labute approximate surface area is 143 Å². The smallest absolute Gasteiger partial charge is 0.232 e. The zero-order chi connectivity index (χ0) is 17.6. The summed E-state index contributed by atoms with van der Waals surface area (Å²) in [5.74, 6) is -0.573. The van der Waals surface area contributed by atoms with Gasteiger partial charge in [-0.1, -0.05) is 25.7 Å². The first kappa shape index (κ1) is 18.7. The molecule has 1 saturated carbocycles. The molecule has 0 saturated heterocycles. The third-order valence-electron chi connectivity index (χ3n) is 4.28. The van der Waals surface area contributed by atoms with E-state index in [0.29, 0.717) is 5.69 Å². The minimum absolute atomic E-state index is 0.0447. The zero-order valence-corrected chi connectivity index (χ0v) is 14.8. The van der Waals surface area contributed by atoms with Crippen molar-refractivity contribution in [1.29, 1.82) is 0 Å². The van der Waals surface area contributed by atoms with Crippen molar-refractivity contribution < 1.29 is 17.6 Å². The molecule has 0 unspecified atom stereocenters. The Bertz CT molecular complexity index is 638. The SMILES string of the molecule is CS(=O)(=O)N(CCC(=O)NC1CCCCCC1)c1ccc(F)cc1. The van der Waals surface area contributed by atoms with Crippen molar-refractivity contribution in [2.75, 3.05) is 17.1 Å². The second-order valence-corrected chi connectivity index (χ2v) is 8.22. The summed E-state index contributed by atoms with van der Waals surface area (Å²) in [6, 6.07) is 5.41. The Hall–Kier alpha value is -1.63. The van der Waals surface area contributed by atoms with E-state index in [9.17, 15) is 17.6 Å². The summed E-state index contributed by atoms with van der Waals surface area (Å²) < 4.78 is 38.1. The van der Waals surface area contributed by atoms with Gasteiger partial charge >= 0.3 is 0 Å². The number of carbonyl (C=O) groups excluding carboxylic acids is 1. The molecule has 134 valence electrons. The molecule has 1 aliphatic rings. The van der Waals surface area contributed by atoms with Crippen LogP contribution < -0.4 is 9.62 Å². The van der Waals surface area contributed by atoms with Crippen LogP contribution in [-0.2, 0) is 14.8 Å². The topological polar surface area (TPSA) is 66.5 Å². The van der Waals surface area contributed by atoms with E-state index in [1.165, 1.54) is 37.1 Å². The molecule has 5 nitrogen and oxygen atoms in total. The fourth-order valence-corrected chi connectivity index (χ4v) is 3.95. The molecule has 0 aromatic heterocycles. The average molecular weight is 356 g/mol. The number of rotatable bonds is 6. The third-order valence-corrected chi connectivity index (χ3v) is 5.47. The lowest BCUT2D eigenvalue weighted by Gasteiger charge is -2.23. The molecule has 24 heavy (non-hydrogen) atoms. The number of carbonyl (C=O) groups is 1. The summed E-state index contributed by atoms with van der Waals surface area (Å²) in [6.07, 6.45) is 7.79. The maximum atomic E-state index is 13.0. The molecule has 1 amide bonds. The van der Waals surface area contributed by atoms with E-state index in [4.69, 9.17) is 0 Å². The first-order valence-corrected chi connectivity index (χ1v) is 10.2. The number of halogens is 1. The standard InChI is InChI=1S/C17H25FN2O3S/c1-24(22,23)20(16-10-8-14(18)9-11-16)13-12-17(21)19-15-6-4-2-3-5-7-15/h8-11,15H,2-7,12-13H2,1H3,(H,19,21). The molecule has 2 rings (SSSR count). The molecular formula is C17H25FN2O3S. The van der Waals surface area contributed by atoms with Crippen molar-refractivity contribution in [2.45, 2.75) is 51.0 Å². The second-order valence-electron chi connectivity index (χ2n) is 6.32. The summed E-state index contributed by atoms with van der Waals surface area (Å²) in [7, 11) is -3.53. The van der Waals surface area contributed by atoms with E-state index < -0.39 is 15.8 Å². The highest BCUT2D eigenvalue weighted by molar-refractivity contribution is 7.92. The van der Waals surface area contributed by atoms with Gasteiger partial charge in [-0.3, -0.25) is 9.10 Å². The Morgan fingerprint density at radius 3 is 2.29 bits per heavy atom. The van der Waals surface area contributed by atoms with Crippen molar-refractivity contribution >= 4 is 21.6 Å². The lowest BCUT2D eigenvalue weighted by molar-refractivity contribution is -0.121. The van der Waals surface area contributed by atoms with Crippen LogP contribution in [0.25, 0.3) is 0 Å². The van der Waals surface area contributed by atoms with Crippen LogP contribution in [0.15, 0.2) is 24.3 Å². The van der Waals surface area contributed by atoms with Gasteiger partial charge in [-0.15, -0.1) is 0 Å². The molecule has 0 heterocycles. The highest BCUT2D eigenvalue weighted by atomic mass is 32.2. The number of hydrogen-bond acceptors (Lipinski definition) is 3. The number of nitrogens with one attached hydrogen (secondary N) is 1. The maximum absolute atomic E-state index is 13.0. The van der Waals surface area contributed by atoms with E-state index in [2.05, 4.69) is 5.32 Å². The van der Waals surface area contributed by atoms with Crippen LogP contribution >= 0.6 is 0 Å². The van der Waals surface area contributed by atoms with Gasteiger partial charge in [-0.2, -0.15) is 0 Å². The van der Waals surface area contributed by atoms with Crippen LogP contribution in [0.2, 0.25) is 0 Å². The predicted octanol–water partition coefficient (Wildman–Crippen LogP) is 2.82. The number of hydrogen-bond donors (Lipinski definition) is 1. The van der Waals surface area contributed by atoms with Gasteiger partial charge in [0.2, 0.25) is 15.9 Å². The van der Waals surface area contributed by atoms with Crippen molar-refractivity contribution in [3.05, 3.63) is 30.1 Å². The largest absolute Gasteiger partial charge is 0.353 e. The minimum Gasteiger partial charge on any atom is -0.353 e. The van der Waals surface area contributed by atoms with Gasteiger partial charge in [0, 0.05) is 19.0 Å². The normalized spacial score (nSPS) is 16.4. The lowest BCUT2D eigenvalue weighted by Crippen LogP contribution is -2.38. The monoisotopic (exact) mass is 356 g/mol. The molecule has 0 atom stereocenters. The quantitative estimate of drug-likeness (QED) is 0.797. The molecule has 1 aliphatic carbocycles. The Balaban J connectivity index is 1.95. The van der Waals surface area contributed by atoms with Crippen LogP contribution in [0.3, 0.4) is 0 Å². The molecule has 0 aliphatic heterocycles. The molecule has 1 aromatic carbocycles. The van der Waals surface area contributed by atoms with Crippen LogP contribution in [-0.4, -0.2) is 33.2 Å². The van der Waals surface area contributed by atoms with E-state index in [-0.39, 0.29) is 24.9 Å². The number of nitrogens with zero attached hydrogens (tertiary/aromatic N) is 1. The van der Waals surface area contributed by atoms with Crippen molar-refractivity contribution in [3.8, 4) is 0 Å². The van der Waals surface area contributed by atoms with Gasteiger partial charge in [-0.05, 0) is 37.1 Å². The van der Waals surface area contributed by atoms with Crippen molar-refractivity contribution in [2.24, 2.45) is 0 Å². The number of amides is 1. The fraction of sp³-hybridized carbons (Fsp3) is 0.588. The number of anilines is 1. The zero-order valence-electron chi connectivity index (χ0n) is 14.0. The van der Waals surface area contributed by atoms with Crippen molar-refractivity contribution in [1.82, 2.24) is 5.32 Å². The van der Waals surface area contributed by atoms with Crippen LogP contribution in [0, 0.1) is 5.82 Å². The highest BCUT2D eigenvalue weighted by Gasteiger charge is 2.20. The number of benzene rings is 1. The first-order chi connectivity index (χ1) is 11.4. The summed E-state index contributed by atoms with van der Waals surface area (Å²) in [4.78, 5) is 12.1. The molecular weight excluding hydrogens is 331 g/mol. The van der Waals surface area contributed by atoms with Gasteiger partial charge in [0.1, 0.15) is 5.82 Å². The van der Waals surface area contributed by atoms with E-state index >= 15 is 0 Å². The molecule has 0 spiro atoms. The minimum atomic E-state index is -3.53. The Morgan fingerprint density at radius 2 is 1.75 bits per heavy atom. The molecule has 7 heteroatoms.